The van der Waals surface area contributed by atoms with Gasteiger partial charge in [0.2, 0.25) is 5.91 Å². The number of halogens is 1. The average molecular weight is 398 g/mol. The topological polar surface area (TPSA) is 74.8 Å². The number of amides is 1. The van der Waals surface area contributed by atoms with E-state index in [4.69, 9.17) is 4.74 Å². The standard InChI is InChI=1S/C13H26N4O2.HI/c1-3-19-10-9-16-13(14-2)15-8-4-5-12(18)17-11-6-7-11;/h11H,3-10H2,1-2H3,(H,17,18)(H2,14,15,16);1H. The number of carbonyl (C=O) groups excluding carboxylic acids is 1. The molecule has 0 atom stereocenters. The van der Waals surface area contributed by atoms with Crippen LogP contribution in [0, 0.1) is 0 Å². The van der Waals surface area contributed by atoms with Crippen LogP contribution in [0.5, 0.6) is 0 Å². The molecular weight excluding hydrogens is 371 g/mol. The minimum Gasteiger partial charge on any atom is -0.380 e. The second-order valence-corrected chi connectivity index (χ2v) is 4.57. The van der Waals surface area contributed by atoms with Crippen molar-refractivity contribution in [2.24, 2.45) is 4.99 Å². The molecule has 0 aliphatic heterocycles. The highest BCUT2D eigenvalue weighted by molar-refractivity contribution is 14.0. The smallest absolute Gasteiger partial charge is 0.220 e. The number of aliphatic imine (C=N–C) groups is 1. The molecule has 0 radical (unpaired) electrons. The van der Waals surface area contributed by atoms with Gasteiger partial charge in [0.1, 0.15) is 0 Å². The summed E-state index contributed by atoms with van der Waals surface area (Å²) >= 11 is 0. The molecule has 0 unspecified atom stereocenters. The third-order valence-electron chi connectivity index (χ3n) is 2.78. The second kappa shape index (κ2) is 12.2. The lowest BCUT2D eigenvalue weighted by atomic mass is 10.3. The van der Waals surface area contributed by atoms with Crippen LogP contribution in [0.3, 0.4) is 0 Å². The first-order chi connectivity index (χ1) is 9.26. The number of carbonyl (C=O) groups is 1. The Morgan fingerprint density at radius 1 is 1.30 bits per heavy atom. The van der Waals surface area contributed by atoms with Gasteiger partial charge in [0.25, 0.3) is 0 Å². The van der Waals surface area contributed by atoms with Crippen molar-refractivity contribution in [2.75, 3.05) is 33.4 Å². The van der Waals surface area contributed by atoms with Gasteiger partial charge in [-0.2, -0.15) is 0 Å². The zero-order chi connectivity index (χ0) is 13.9. The van der Waals surface area contributed by atoms with Crippen LogP contribution in [0.4, 0.5) is 0 Å². The van der Waals surface area contributed by atoms with E-state index in [1.54, 1.807) is 7.05 Å². The second-order valence-electron chi connectivity index (χ2n) is 4.57. The first kappa shape index (κ1) is 19.4. The maximum atomic E-state index is 11.5. The van der Waals surface area contributed by atoms with E-state index < -0.39 is 0 Å². The van der Waals surface area contributed by atoms with Crippen LogP contribution in [-0.4, -0.2) is 51.3 Å². The van der Waals surface area contributed by atoms with Crippen LogP contribution in [0.25, 0.3) is 0 Å². The molecule has 0 aromatic rings. The van der Waals surface area contributed by atoms with Gasteiger partial charge in [0, 0.05) is 39.2 Å². The fourth-order valence-electron chi connectivity index (χ4n) is 1.59. The van der Waals surface area contributed by atoms with Gasteiger partial charge in [-0.15, -0.1) is 24.0 Å². The Kier molecular flexibility index (Phi) is 11.8. The molecule has 1 aliphatic rings. The molecule has 1 fully saturated rings. The van der Waals surface area contributed by atoms with Gasteiger partial charge in [0.15, 0.2) is 5.96 Å². The van der Waals surface area contributed by atoms with Crippen LogP contribution in [0.1, 0.15) is 32.6 Å². The molecule has 0 aromatic heterocycles. The maximum Gasteiger partial charge on any atom is 0.220 e. The van der Waals surface area contributed by atoms with Crippen molar-refractivity contribution in [3.8, 4) is 0 Å². The summed E-state index contributed by atoms with van der Waals surface area (Å²) in [6.45, 7) is 4.84. The van der Waals surface area contributed by atoms with Gasteiger partial charge in [-0.1, -0.05) is 0 Å². The summed E-state index contributed by atoms with van der Waals surface area (Å²) in [7, 11) is 1.73. The molecule has 3 N–H and O–H groups in total. The molecule has 118 valence electrons. The number of nitrogens with one attached hydrogen (secondary N) is 3. The summed E-state index contributed by atoms with van der Waals surface area (Å²) < 4.78 is 5.23. The Bertz CT molecular complexity index is 296. The van der Waals surface area contributed by atoms with E-state index in [0.29, 0.717) is 19.1 Å². The van der Waals surface area contributed by atoms with Gasteiger partial charge >= 0.3 is 0 Å². The number of rotatable bonds is 9. The Morgan fingerprint density at radius 3 is 2.60 bits per heavy atom. The van der Waals surface area contributed by atoms with Gasteiger partial charge < -0.3 is 20.7 Å². The minimum atomic E-state index is 0. The molecule has 1 aliphatic carbocycles. The molecule has 6 nitrogen and oxygen atoms in total. The molecule has 20 heavy (non-hydrogen) atoms. The summed E-state index contributed by atoms with van der Waals surface area (Å²) in [4.78, 5) is 15.5. The predicted octanol–water partition coefficient (Wildman–Crippen LogP) is 0.865. The first-order valence-electron chi connectivity index (χ1n) is 7.08. The minimum absolute atomic E-state index is 0. The van der Waals surface area contributed by atoms with Gasteiger partial charge in [-0.3, -0.25) is 9.79 Å². The molecule has 7 heteroatoms. The Balaban J connectivity index is 0.00000361. The van der Waals surface area contributed by atoms with E-state index in [1.807, 2.05) is 6.92 Å². The van der Waals surface area contributed by atoms with Crippen molar-refractivity contribution in [3.63, 3.8) is 0 Å². The average Bonchev–Trinajstić information content (AvgIpc) is 3.20. The monoisotopic (exact) mass is 398 g/mol. The van der Waals surface area contributed by atoms with Crippen molar-refractivity contribution >= 4 is 35.8 Å². The molecule has 0 aromatic carbocycles. The SMILES string of the molecule is CCOCCNC(=NC)NCCCC(=O)NC1CC1.I. The summed E-state index contributed by atoms with van der Waals surface area (Å²) in [5.41, 5.74) is 0. The van der Waals surface area contributed by atoms with Crippen LogP contribution in [0.15, 0.2) is 4.99 Å². The van der Waals surface area contributed by atoms with Crippen molar-refractivity contribution < 1.29 is 9.53 Å². The van der Waals surface area contributed by atoms with E-state index in [0.717, 1.165) is 44.9 Å². The Hall–Kier alpha value is -0.570. The zero-order valence-corrected chi connectivity index (χ0v) is 14.7. The summed E-state index contributed by atoms with van der Waals surface area (Å²) in [5, 5.41) is 9.30. The van der Waals surface area contributed by atoms with Gasteiger partial charge in [-0.05, 0) is 26.2 Å². The molecule has 1 saturated carbocycles. The van der Waals surface area contributed by atoms with Gasteiger partial charge in [0.05, 0.1) is 6.61 Å². The Labute approximate surface area is 138 Å². The number of hydrogen-bond donors (Lipinski definition) is 3. The molecule has 1 rings (SSSR count). The van der Waals surface area contributed by atoms with Crippen molar-refractivity contribution in [2.45, 2.75) is 38.6 Å². The summed E-state index contributed by atoms with van der Waals surface area (Å²) in [6, 6.07) is 0.452. The Morgan fingerprint density at radius 2 is 2.00 bits per heavy atom. The van der Waals surface area contributed by atoms with Crippen molar-refractivity contribution in [1.29, 1.82) is 0 Å². The molecule has 0 bridgehead atoms. The quantitative estimate of drug-likeness (QED) is 0.233. The van der Waals surface area contributed by atoms with Crippen LogP contribution in [-0.2, 0) is 9.53 Å². The molecule has 1 amide bonds. The van der Waals surface area contributed by atoms with E-state index >= 15 is 0 Å². The highest BCUT2D eigenvalue weighted by Gasteiger charge is 2.22. The highest BCUT2D eigenvalue weighted by atomic mass is 127. The fraction of sp³-hybridized carbons (Fsp3) is 0.846. The normalized spacial score (nSPS) is 14.4. The highest BCUT2D eigenvalue weighted by Crippen LogP contribution is 2.18. The van der Waals surface area contributed by atoms with Crippen LogP contribution >= 0.6 is 24.0 Å². The van der Waals surface area contributed by atoms with E-state index in [2.05, 4.69) is 20.9 Å². The molecule has 0 heterocycles. The third-order valence-corrected chi connectivity index (χ3v) is 2.78. The summed E-state index contributed by atoms with van der Waals surface area (Å²) in [6.07, 6.45) is 3.66. The van der Waals surface area contributed by atoms with Crippen LogP contribution < -0.4 is 16.0 Å². The first-order valence-corrected chi connectivity index (χ1v) is 7.08. The lowest BCUT2D eigenvalue weighted by Crippen LogP contribution is -2.39. The van der Waals surface area contributed by atoms with Gasteiger partial charge in [-0.25, -0.2) is 0 Å². The number of ether oxygens (including phenoxy) is 1. The summed E-state index contributed by atoms with van der Waals surface area (Å²) in [5.74, 6) is 0.908. The van der Waals surface area contributed by atoms with Crippen molar-refractivity contribution in [1.82, 2.24) is 16.0 Å². The molecular formula is C13H27IN4O2. The predicted molar refractivity (Wildman–Crippen MR) is 91.7 cm³/mol. The third kappa shape index (κ3) is 10.2. The van der Waals surface area contributed by atoms with E-state index in [-0.39, 0.29) is 29.9 Å². The fourth-order valence-corrected chi connectivity index (χ4v) is 1.59. The molecule has 0 saturated heterocycles. The van der Waals surface area contributed by atoms with Crippen molar-refractivity contribution in [3.05, 3.63) is 0 Å². The molecule has 0 spiro atoms. The van der Waals surface area contributed by atoms with Crippen LogP contribution in [0.2, 0.25) is 0 Å². The van der Waals surface area contributed by atoms with E-state index in [1.165, 1.54) is 0 Å². The largest absolute Gasteiger partial charge is 0.380 e. The lowest BCUT2D eigenvalue weighted by Gasteiger charge is -2.11. The number of hydrogen-bond acceptors (Lipinski definition) is 3. The number of nitrogens with zero attached hydrogens (tertiary/aromatic N) is 1. The maximum absolute atomic E-state index is 11.5. The van der Waals surface area contributed by atoms with E-state index in [9.17, 15) is 4.79 Å². The number of guanidine groups is 1. The lowest BCUT2D eigenvalue weighted by molar-refractivity contribution is -0.121. The zero-order valence-electron chi connectivity index (χ0n) is 12.4.